The van der Waals surface area contributed by atoms with E-state index in [0.29, 0.717) is 0 Å². The summed E-state index contributed by atoms with van der Waals surface area (Å²) in [5, 5.41) is 0. The minimum Gasteiger partial charge on any atom is -0.311 e. The zero-order chi connectivity index (χ0) is 29.6. The van der Waals surface area contributed by atoms with Crippen molar-refractivity contribution in [2.45, 2.75) is 20.8 Å². The molecule has 2 heteroatoms. The maximum Gasteiger partial charge on any atom is 0.0462 e. The normalized spacial score (nSPS) is 11.0. The highest BCUT2D eigenvalue weighted by Gasteiger charge is 2.13. The highest BCUT2D eigenvalue weighted by molar-refractivity contribution is 5.80. The predicted octanol–water partition coefficient (Wildman–Crippen LogP) is 11.7. The van der Waals surface area contributed by atoms with E-state index in [-0.39, 0.29) is 0 Å². The fourth-order valence-corrected chi connectivity index (χ4v) is 5.21. The number of rotatable bonds is 8. The third kappa shape index (κ3) is 6.60. The van der Waals surface area contributed by atoms with E-state index < -0.39 is 0 Å². The van der Waals surface area contributed by atoms with Crippen LogP contribution in [0, 0.1) is 20.8 Å². The van der Waals surface area contributed by atoms with Gasteiger partial charge in [0, 0.05) is 34.1 Å². The van der Waals surface area contributed by atoms with E-state index in [4.69, 9.17) is 0 Å². The molecule has 0 aliphatic heterocycles. The number of benzene rings is 6. The monoisotopic (exact) mass is 556 g/mol. The van der Waals surface area contributed by atoms with Crippen LogP contribution in [0.4, 0.5) is 34.1 Å². The second kappa shape index (κ2) is 12.7. The van der Waals surface area contributed by atoms with Gasteiger partial charge in [-0.1, -0.05) is 108 Å². The van der Waals surface area contributed by atoms with Gasteiger partial charge in [-0.2, -0.15) is 0 Å². The molecule has 0 unspecified atom stereocenters. The van der Waals surface area contributed by atoms with E-state index >= 15 is 0 Å². The van der Waals surface area contributed by atoms with Crippen LogP contribution >= 0.6 is 0 Å². The van der Waals surface area contributed by atoms with E-state index in [1.54, 1.807) is 0 Å². The molecule has 0 N–H and O–H groups in total. The van der Waals surface area contributed by atoms with E-state index in [2.05, 4.69) is 194 Å². The Hall–Kier alpha value is -5.34. The molecule has 6 aromatic carbocycles. The van der Waals surface area contributed by atoms with Crippen LogP contribution in [0.3, 0.4) is 0 Å². The maximum atomic E-state index is 2.30. The second-order valence-electron chi connectivity index (χ2n) is 11.0. The van der Waals surface area contributed by atoms with E-state index in [1.165, 1.54) is 16.7 Å². The minimum atomic E-state index is 1.13. The van der Waals surface area contributed by atoms with Gasteiger partial charge in [0.15, 0.2) is 0 Å². The lowest BCUT2D eigenvalue weighted by Gasteiger charge is -2.26. The highest BCUT2D eigenvalue weighted by Crippen LogP contribution is 2.36. The molecule has 0 bridgehead atoms. The summed E-state index contributed by atoms with van der Waals surface area (Å²) in [6.07, 6.45) is 4.35. The SMILES string of the molecule is Cc1ccc(N(c2ccccc2)c2ccc(C=Cc3ccc(N(c4ccc(C)cc4)c4ccc(C)cc4)cc3)cc2)cc1. The summed E-state index contributed by atoms with van der Waals surface area (Å²) < 4.78 is 0. The first kappa shape index (κ1) is 27.8. The molecule has 0 radical (unpaired) electrons. The molecule has 2 nitrogen and oxygen atoms in total. The largest absolute Gasteiger partial charge is 0.311 e. The molecule has 0 aromatic heterocycles. The lowest BCUT2D eigenvalue weighted by Crippen LogP contribution is -2.09. The molecule has 0 aliphatic rings. The van der Waals surface area contributed by atoms with Gasteiger partial charge in [0.05, 0.1) is 0 Å². The van der Waals surface area contributed by atoms with Crippen molar-refractivity contribution in [3.05, 3.63) is 179 Å². The molecule has 43 heavy (non-hydrogen) atoms. The van der Waals surface area contributed by atoms with Crippen molar-refractivity contribution in [2.75, 3.05) is 9.80 Å². The van der Waals surface area contributed by atoms with E-state index in [1.807, 2.05) is 0 Å². The van der Waals surface area contributed by atoms with Crippen LogP contribution < -0.4 is 9.80 Å². The third-order valence-corrected chi connectivity index (χ3v) is 7.66. The van der Waals surface area contributed by atoms with Crippen LogP contribution in [0.15, 0.2) is 152 Å². The van der Waals surface area contributed by atoms with Crippen molar-refractivity contribution in [3.8, 4) is 0 Å². The molecule has 0 spiro atoms. The van der Waals surface area contributed by atoms with E-state index in [9.17, 15) is 0 Å². The van der Waals surface area contributed by atoms with Crippen LogP contribution in [-0.4, -0.2) is 0 Å². The zero-order valence-corrected chi connectivity index (χ0v) is 25.0. The first-order valence-corrected chi connectivity index (χ1v) is 14.8. The minimum absolute atomic E-state index is 1.13. The summed E-state index contributed by atoms with van der Waals surface area (Å²) in [5.41, 5.74) is 12.9. The first-order valence-electron chi connectivity index (χ1n) is 14.8. The van der Waals surface area contributed by atoms with Gasteiger partial charge in [-0.15, -0.1) is 0 Å². The summed E-state index contributed by atoms with van der Waals surface area (Å²) in [6, 6.07) is 54.1. The Morgan fingerprint density at radius 2 is 0.558 bits per heavy atom. The van der Waals surface area contributed by atoms with Crippen molar-refractivity contribution in [1.82, 2.24) is 0 Å². The smallest absolute Gasteiger partial charge is 0.0462 e. The summed E-state index contributed by atoms with van der Waals surface area (Å²) in [6.45, 7) is 6.37. The third-order valence-electron chi connectivity index (χ3n) is 7.66. The molecule has 0 fully saturated rings. The number of para-hydroxylation sites is 1. The maximum absolute atomic E-state index is 2.30. The molecule has 0 saturated carbocycles. The van der Waals surface area contributed by atoms with E-state index in [0.717, 1.165) is 45.3 Å². The number of hydrogen-bond acceptors (Lipinski definition) is 2. The average molecular weight is 557 g/mol. The standard InChI is InChI=1S/C41H36N2/c1-31-9-21-37(22-10-31)42(36-7-5-4-6-8-36)40-27-17-34(18-28-40)15-16-35-19-29-41(30-20-35)43(38-23-11-32(2)12-24-38)39-25-13-33(3)14-26-39/h4-30H,1-3H3. The van der Waals surface area contributed by atoms with Crippen molar-refractivity contribution in [1.29, 1.82) is 0 Å². The van der Waals surface area contributed by atoms with Gasteiger partial charge in [0.1, 0.15) is 0 Å². The molecule has 0 amide bonds. The molecule has 0 atom stereocenters. The Bertz CT molecular complexity index is 1740. The quantitative estimate of drug-likeness (QED) is 0.172. The van der Waals surface area contributed by atoms with Gasteiger partial charge >= 0.3 is 0 Å². The van der Waals surface area contributed by atoms with Crippen LogP contribution in [-0.2, 0) is 0 Å². The molecule has 6 rings (SSSR count). The van der Waals surface area contributed by atoms with Crippen molar-refractivity contribution in [2.24, 2.45) is 0 Å². The van der Waals surface area contributed by atoms with Gasteiger partial charge < -0.3 is 9.80 Å². The Morgan fingerprint density at radius 3 is 0.860 bits per heavy atom. The predicted molar refractivity (Wildman–Crippen MR) is 185 cm³/mol. The summed E-state index contributed by atoms with van der Waals surface area (Å²) in [7, 11) is 0. The lowest BCUT2D eigenvalue weighted by molar-refractivity contribution is 1.27. The fraction of sp³-hybridized carbons (Fsp3) is 0.0732. The fourth-order valence-electron chi connectivity index (χ4n) is 5.21. The Morgan fingerprint density at radius 1 is 0.302 bits per heavy atom. The van der Waals surface area contributed by atoms with Crippen molar-refractivity contribution >= 4 is 46.3 Å². The van der Waals surface area contributed by atoms with Crippen LogP contribution in [0.25, 0.3) is 12.2 Å². The Kier molecular flexibility index (Phi) is 8.19. The molecular weight excluding hydrogens is 520 g/mol. The summed E-state index contributed by atoms with van der Waals surface area (Å²) in [4.78, 5) is 4.59. The van der Waals surface area contributed by atoms with Gasteiger partial charge in [0.25, 0.3) is 0 Å². The number of aryl methyl sites for hydroxylation is 3. The second-order valence-corrected chi connectivity index (χ2v) is 11.0. The zero-order valence-electron chi connectivity index (χ0n) is 25.0. The Balaban J connectivity index is 1.23. The lowest BCUT2D eigenvalue weighted by atomic mass is 10.1. The number of nitrogens with zero attached hydrogens (tertiary/aromatic N) is 2. The summed E-state index contributed by atoms with van der Waals surface area (Å²) >= 11 is 0. The molecule has 210 valence electrons. The number of hydrogen-bond donors (Lipinski definition) is 0. The van der Waals surface area contributed by atoms with Crippen molar-refractivity contribution < 1.29 is 0 Å². The molecule has 0 heterocycles. The molecule has 0 saturated heterocycles. The molecule has 0 aliphatic carbocycles. The van der Waals surface area contributed by atoms with Crippen molar-refractivity contribution in [3.63, 3.8) is 0 Å². The van der Waals surface area contributed by atoms with Crippen LogP contribution in [0.1, 0.15) is 27.8 Å². The summed E-state index contributed by atoms with van der Waals surface area (Å²) in [5.74, 6) is 0. The number of anilines is 6. The van der Waals surface area contributed by atoms with Gasteiger partial charge in [0.2, 0.25) is 0 Å². The van der Waals surface area contributed by atoms with Gasteiger partial charge in [-0.25, -0.2) is 0 Å². The average Bonchev–Trinajstić information content (AvgIpc) is 3.05. The topological polar surface area (TPSA) is 6.48 Å². The molecule has 6 aromatic rings. The van der Waals surface area contributed by atoms with Gasteiger partial charge in [-0.3, -0.25) is 0 Å². The van der Waals surface area contributed by atoms with Gasteiger partial charge in [-0.05, 0) is 105 Å². The molecular formula is C41H36N2. The Labute approximate surface area is 255 Å². The first-order chi connectivity index (χ1) is 21.0. The highest BCUT2D eigenvalue weighted by atomic mass is 15.1. The van der Waals surface area contributed by atoms with Crippen LogP contribution in [0.2, 0.25) is 0 Å². The van der Waals surface area contributed by atoms with Crippen LogP contribution in [0.5, 0.6) is 0 Å².